The van der Waals surface area contributed by atoms with Crippen LogP contribution in [0.15, 0.2) is 242 Å². The van der Waals surface area contributed by atoms with E-state index in [1.54, 1.807) is 30.9 Å². The third-order valence-electron chi connectivity index (χ3n) is 17.5. The molecule has 0 saturated carbocycles. The van der Waals surface area contributed by atoms with Crippen molar-refractivity contribution in [2.75, 3.05) is 4.90 Å². The molecular formula is C72H46F6N8. The Morgan fingerprint density at radius 3 is 1.76 bits per heavy atom. The molecule has 86 heavy (non-hydrogen) atoms. The number of anilines is 2. The molecule has 7 aromatic carbocycles. The molecule has 1 atom stereocenters. The lowest BCUT2D eigenvalue weighted by molar-refractivity contribution is -0.288. The third-order valence-corrected chi connectivity index (χ3v) is 17.5. The van der Waals surface area contributed by atoms with Gasteiger partial charge in [-0.05, 0) is 143 Å². The SMILES string of the molecule is FC(F)(F)C(c1ccc(-n2c3c(c4c(=c5cccc6c5=C5C=CN=CC5N6c5ccc(Cc6ccc(-n7c8ccccc8c8ccncc87)cc6)cc5)nccc42)CC=CC=3)cc1)(c1ccc(-n2c3ccccc3c3cnccc32)cc1)C(F)(F)F. The number of hydrogen-bond donors (Lipinski definition) is 0. The van der Waals surface area contributed by atoms with Gasteiger partial charge in [0.2, 0.25) is 5.41 Å². The van der Waals surface area contributed by atoms with Crippen LogP contribution in [0.2, 0.25) is 0 Å². The number of hydrogen-bond acceptors (Lipinski definition) is 5. The summed E-state index contributed by atoms with van der Waals surface area (Å²) in [6, 6.07) is 54.0. The van der Waals surface area contributed by atoms with Crippen LogP contribution in [0.3, 0.4) is 0 Å². The van der Waals surface area contributed by atoms with Gasteiger partial charge in [0.05, 0.1) is 56.2 Å². The van der Waals surface area contributed by atoms with Gasteiger partial charge in [-0.3, -0.25) is 19.9 Å². The molecule has 0 radical (unpaired) electrons. The van der Waals surface area contributed by atoms with Crippen molar-refractivity contribution in [3.05, 3.63) is 286 Å². The standard InChI is InChI=1S/C72H46F6N8/c73-71(74,75)70(72(76,77)78,46-20-28-50(29-21-46)83-60-13-5-2-9-53(60)58-41-79-38-34-62(58)83)47-22-30-51(31-23-47)84-61-14-6-3-10-55(61)68-64(84)35-39-82-69(68)57-11-7-15-63-67(57)56-33-37-81-43-66(56)86(63)49-26-18-45(19-27-49)40-44-16-24-48(25-17-44)85-59-12-4-1-8-52(59)54-32-36-80-42-65(54)85/h1-9,11-39,41-43,66H,10,40H2. The Morgan fingerprint density at radius 1 is 0.500 bits per heavy atom. The molecule has 16 rings (SSSR count). The summed E-state index contributed by atoms with van der Waals surface area (Å²) in [5.74, 6) is 0. The first kappa shape index (κ1) is 51.1. The van der Waals surface area contributed by atoms with Crippen molar-refractivity contribution in [3.63, 3.8) is 0 Å². The molecule has 1 unspecified atom stereocenters. The molecule has 13 aromatic rings. The van der Waals surface area contributed by atoms with Crippen LogP contribution < -0.4 is 15.5 Å². The predicted octanol–water partition coefficient (Wildman–Crippen LogP) is 15.5. The minimum atomic E-state index is -5.79. The second-order valence-electron chi connectivity index (χ2n) is 22.0. The van der Waals surface area contributed by atoms with Crippen LogP contribution in [0.25, 0.3) is 83.2 Å². The van der Waals surface area contributed by atoms with Gasteiger partial charge in [-0.2, -0.15) is 26.3 Å². The monoisotopic (exact) mass is 1140 g/mol. The lowest BCUT2D eigenvalue weighted by Crippen LogP contribution is -2.54. The van der Waals surface area contributed by atoms with E-state index < -0.39 is 28.9 Å². The van der Waals surface area contributed by atoms with Gasteiger partial charge in [0.1, 0.15) is 0 Å². The van der Waals surface area contributed by atoms with Gasteiger partial charge < -0.3 is 18.6 Å². The maximum absolute atomic E-state index is 15.8. The number of nitrogens with zero attached hydrogens (tertiary/aromatic N) is 8. The van der Waals surface area contributed by atoms with E-state index in [0.29, 0.717) is 34.2 Å². The number of halogens is 6. The molecule has 1 aliphatic carbocycles. The summed E-state index contributed by atoms with van der Waals surface area (Å²) in [5.41, 5.74) is 6.17. The lowest BCUT2D eigenvalue weighted by atomic mass is 9.73. The van der Waals surface area contributed by atoms with Crippen LogP contribution in [0.5, 0.6) is 0 Å². The Kier molecular flexibility index (Phi) is 11.4. The first-order chi connectivity index (χ1) is 42.0. The molecule has 416 valence electrons. The highest BCUT2D eigenvalue weighted by atomic mass is 19.4. The van der Waals surface area contributed by atoms with Crippen LogP contribution in [0.1, 0.15) is 27.8 Å². The topological polar surface area (TPSA) is 69.1 Å². The molecule has 8 heterocycles. The van der Waals surface area contributed by atoms with Gasteiger partial charge in [-0.1, -0.05) is 109 Å². The molecule has 8 nitrogen and oxygen atoms in total. The van der Waals surface area contributed by atoms with Gasteiger partial charge in [0.15, 0.2) is 0 Å². The Bertz CT molecular complexity index is 5140. The Hall–Kier alpha value is -10.6. The van der Waals surface area contributed by atoms with Crippen molar-refractivity contribution in [2.45, 2.75) is 36.7 Å². The normalized spacial score (nSPS) is 15.3. The molecule has 14 heteroatoms. The first-order valence-electron chi connectivity index (χ1n) is 28.2. The van der Waals surface area contributed by atoms with Crippen LogP contribution in [0, 0.1) is 10.6 Å². The first-order valence-corrected chi connectivity index (χ1v) is 28.2. The van der Waals surface area contributed by atoms with E-state index >= 15 is 26.3 Å². The van der Waals surface area contributed by atoms with Crippen LogP contribution in [0.4, 0.5) is 37.7 Å². The van der Waals surface area contributed by atoms with Gasteiger partial charge in [0, 0.05) is 97.3 Å². The number of para-hydroxylation sites is 2. The number of alkyl halides is 6. The molecule has 0 spiro atoms. The van der Waals surface area contributed by atoms with Crippen molar-refractivity contribution < 1.29 is 26.3 Å². The second-order valence-corrected chi connectivity index (χ2v) is 22.0. The van der Waals surface area contributed by atoms with E-state index in [2.05, 4.69) is 115 Å². The van der Waals surface area contributed by atoms with E-state index in [4.69, 9.17) is 4.98 Å². The Morgan fingerprint density at radius 2 is 1.07 bits per heavy atom. The molecule has 6 aromatic heterocycles. The zero-order valence-electron chi connectivity index (χ0n) is 45.5. The number of aliphatic imine (C=N–C) groups is 1. The van der Waals surface area contributed by atoms with Crippen molar-refractivity contribution in [3.8, 4) is 17.1 Å². The predicted molar refractivity (Wildman–Crippen MR) is 328 cm³/mol. The molecule has 0 saturated heterocycles. The number of fused-ring (bicyclic) bond motifs is 11. The molecule has 0 amide bonds. The molecule has 2 aliphatic heterocycles. The fourth-order valence-corrected chi connectivity index (χ4v) is 13.8. The maximum Gasteiger partial charge on any atom is 0.411 e. The molecule has 0 N–H and O–H groups in total. The van der Waals surface area contributed by atoms with Gasteiger partial charge >= 0.3 is 12.4 Å². The lowest BCUT2D eigenvalue weighted by Gasteiger charge is -2.38. The highest BCUT2D eigenvalue weighted by Gasteiger charge is 2.72. The fourth-order valence-electron chi connectivity index (χ4n) is 13.8. The van der Waals surface area contributed by atoms with E-state index in [1.807, 2.05) is 88.4 Å². The van der Waals surface area contributed by atoms with Gasteiger partial charge in [-0.25, -0.2) is 0 Å². The van der Waals surface area contributed by atoms with Crippen molar-refractivity contribution in [1.29, 1.82) is 0 Å². The van der Waals surface area contributed by atoms with Crippen molar-refractivity contribution in [2.24, 2.45) is 4.99 Å². The van der Waals surface area contributed by atoms with Gasteiger partial charge in [-0.15, -0.1) is 0 Å². The van der Waals surface area contributed by atoms with Crippen LogP contribution >= 0.6 is 0 Å². The second kappa shape index (κ2) is 19.2. The maximum atomic E-state index is 15.8. The molecule has 0 bridgehead atoms. The number of pyridine rings is 3. The van der Waals surface area contributed by atoms with Gasteiger partial charge in [0.25, 0.3) is 0 Å². The molecular weight excluding hydrogens is 1090 g/mol. The number of rotatable bonds is 8. The molecule has 0 fully saturated rings. The summed E-state index contributed by atoms with van der Waals surface area (Å²) in [5, 5.41) is 8.13. The summed E-state index contributed by atoms with van der Waals surface area (Å²) in [6.45, 7) is 0. The van der Waals surface area contributed by atoms with E-state index in [1.165, 1.54) is 35.2 Å². The molecule has 3 aliphatic rings. The Labute approximate surface area is 486 Å². The van der Waals surface area contributed by atoms with E-state index in [-0.39, 0.29) is 6.04 Å². The van der Waals surface area contributed by atoms with Crippen molar-refractivity contribution >= 4 is 83.8 Å². The summed E-state index contributed by atoms with van der Waals surface area (Å²) in [6.07, 6.45) is 10.1. The Balaban J connectivity index is 0.762. The number of benzene rings is 7. The quantitative estimate of drug-likeness (QED) is 0.142. The van der Waals surface area contributed by atoms with E-state index in [0.717, 1.165) is 118 Å². The van der Waals surface area contributed by atoms with Crippen molar-refractivity contribution in [1.82, 2.24) is 28.7 Å². The highest BCUT2D eigenvalue weighted by Crippen LogP contribution is 2.56. The fraction of sp³-hybridized carbons (Fsp3) is 0.0833. The summed E-state index contributed by atoms with van der Waals surface area (Å²) < 4.78 is 101. The van der Waals surface area contributed by atoms with E-state index in [9.17, 15) is 0 Å². The zero-order chi connectivity index (χ0) is 58.1. The average molecular weight is 1140 g/mol. The van der Waals surface area contributed by atoms with Crippen LogP contribution in [-0.4, -0.2) is 53.3 Å². The summed E-state index contributed by atoms with van der Waals surface area (Å²) >= 11 is 0. The number of allylic oxidation sites excluding steroid dienone is 2. The largest absolute Gasteiger partial charge is 0.411 e. The average Bonchev–Trinajstić information content (AvgIpc) is 2.12. The third kappa shape index (κ3) is 7.57. The smallest absolute Gasteiger partial charge is 0.328 e. The highest BCUT2D eigenvalue weighted by molar-refractivity contribution is 6.10. The minimum Gasteiger partial charge on any atom is -0.328 e. The summed E-state index contributed by atoms with van der Waals surface area (Å²) in [4.78, 5) is 20.7. The van der Waals surface area contributed by atoms with Crippen LogP contribution in [-0.2, 0) is 18.3 Å². The minimum absolute atomic E-state index is 0.227. The number of aromatic nitrogens is 6. The summed E-state index contributed by atoms with van der Waals surface area (Å²) in [7, 11) is 0. The zero-order valence-corrected chi connectivity index (χ0v) is 45.5.